The SMILES string of the molecule is CC(C)(CO)n1ccc2c(NCc3ccco3)nc(Cl)nc21. The van der Waals surface area contributed by atoms with E-state index in [9.17, 15) is 5.11 Å². The largest absolute Gasteiger partial charge is 0.467 e. The monoisotopic (exact) mass is 320 g/mol. The van der Waals surface area contributed by atoms with Crippen LogP contribution in [0.3, 0.4) is 0 Å². The summed E-state index contributed by atoms with van der Waals surface area (Å²) in [6.45, 7) is 4.36. The number of aromatic nitrogens is 3. The number of anilines is 1. The standard InChI is InChI=1S/C15H17ClN4O2/c1-15(2,9-21)20-6-5-11-12(18-14(16)19-13(11)20)17-8-10-4-3-7-22-10/h3-7,21H,8-9H2,1-2H3,(H,17,18,19). The molecule has 3 rings (SSSR count). The topological polar surface area (TPSA) is 76.1 Å². The molecule has 0 aromatic carbocycles. The van der Waals surface area contributed by atoms with Crippen molar-refractivity contribution < 1.29 is 9.52 Å². The molecular formula is C15H17ClN4O2. The summed E-state index contributed by atoms with van der Waals surface area (Å²) < 4.78 is 7.19. The number of fused-ring (bicyclic) bond motifs is 1. The Kier molecular flexibility index (Phi) is 3.80. The summed E-state index contributed by atoms with van der Waals surface area (Å²) in [5.41, 5.74) is 0.207. The van der Waals surface area contributed by atoms with Gasteiger partial charge < -0.3 is 19.4 Å². The van der Waals surface area contributed by atoms with Crippen LogP contribution < -0.4 is 5.32 Å². The molecule has 2 N–H and O–H groups in total. The highest BCUT2D eigenvalue weighted by atomic mass is 35.5. The number of nitrogens with zero attached hydrogens (tertiary/aromatic N) is 3. The average molecular weight is 321 g/mol. The van der Waals surface area contributed by atoms with Crippen molar-refractivity contribution >= 4 is 28.5 Å². The van der Waals surface area contributed by atoms with Crippen molar-refractivity contribution in [2.45, 2.75) is 25.9 Å². The molecule has 0 saturated heterocycles. The minimum Gasteiger partial charge on any atom is -0.467 e. The second kappa shape index (κ2) is 5.62. The fraction of sp³-hybridized carbons (Fsp3) is 0.333. The van der Waals surface area contributed by atoms with E-state index in [2.05, 4.69) is 15.3 Å². The van der Waals surface area contributed by atoms with Gasteiger partial charge in [-0.1, -0.05) is 0 Å². The summed E-state index contributed by atoms with van der Waals surface area (Å²) in [5, 5.41) is 13.8. The van der Waals surface area contributed by atoms with E-state index >= 15 is 0 Å². The summed E-state index contributed by atoms with van der Waals surface area (Å²) in [4.78, 5) is 8.55. The molecule has 0 aliphatic heterocycles. The highest BCUT2D eigenvalue weighted by molar-refractivity contribution is 6.28. The van der Waals surface area contributed by atoms with Crippen LogP contribution in [0.4, 0.5) is 5.82 Å². The number of hydrogen-bond donors (Lipinski definition) is 2. The number of hydrogen-bond acceptors (Lipinski definition) is 5. The molecule has 0 atom stereocenters. The van der Waals surface area contributed by atoms with Crippen LogP contribution in [0.1, 0.15) is 19.6 Å². The van der Waals surface area contributed by atoms with Gasteiger partial charge in [-0.2, -0.15) is 4.98 Å². The number of halogens is 1. The molecule has 3 heterocycles. The van der Waals surface area contributed by atoms with Crippen LogP contribution in [-0.2, 0) is 12.1 Å². The van der Waals surface area contributed by atoms with Gasteiger partial charge in [0.05, 0.1) is 30.3 Å². The fourth-order valence-electron chi connectivity index (χ4n) is 2.27. The van der Waals surface area contributed by atoms with Gasteiger partial charge >= 0.3 is 0 Å². The second-order valence-corrected chi connectivity index (χ2v) is 6.01. The van der Waals surface area contributed by atoms with Crippen molar-refractivity contribution in [1.82, 2.24) is 14.5 Å². The molecule has 116 valence electrons. The lowest BCUT2D eigenvalue weighted by molar-refractivity contribution is 0.168. The Morgan fingerprint density at radius 3 is 2.86 bits per heavy atom. The first-order valence-corrected chi connectivity index (χ1v) is 7.31. The van der Waals surface area contributed by atoms with Gasteiger partial charge in [0.2, 0.25) is 5.28 Å². The van der Waals surface area contributed by atoms with E-state index in [1.54, 1.807) is 6.26 Å². The van der Waals surface area contributed by atoms with Gasteiger partial charge in [0.25, 0.3) is 0 Å². The molecule has 0 amide bonds. The lowest BCUT2D eigenvalue weighted by atomic mass is 10.1. The lowest BCUT2D eigenvalue weighted by Crippen LogP contribution is -2.29. The van der Waals surface area contributed by atoms with Crippen LogP contribution in [0.15, 0.2) is 35.1 Å². The third kappa shape index (κ3) is 2.67. The number of nitrogens with one attached hydrogen (secondary N) is 1. The van der Waals surface area contributed by atoms with E-state index in [4.69, 9.17) is 16.0 Å². The molecule has 0 aliphatic carbocycles. The maximum absolute atomic E-state index is 9.57. The van der Waals surface area contributed by atoms with Gasteiger partial charge in [-0.15, -0.1) is 0 Å². The molecule has 7 heteroatoms. The zero-order valence-corrected chi connectivity index (χ0v) is 13.1. The Morgan fingerprint density at radius 2 is 2.18 bits per heavy atom. The molecular weight excluding hydrogens is 304 g/mol. The van der Waals surface area contributed by atoms with Crippen LogP contribution >= 0.6 is 11.6 Å². The first-order chi connectivity index (χ1) is 10.5. The van der Waals surface area contributed by atoms with Gasteiger partial charge in [-0.05, 0) is 43.6 Å². The van der Waals surface area contributed by atoms with Crippen LogP contribution in [0.2, 0.25) is 5.28 Å². The summed E-state index contributed by atoms with van der Waals surface area (Å²) in [7, 11) is 0. The zero-order chi connectivity index (χ0) is 15.7. The second-order valence-electron chi connectivity index (χ2n) is 5.67. The van der Waals surface area contributed by atoms with Crippen LogP contribution in [0.25, 0.3) is 11.0 Å². The summed E-state index contributed by atoms with van der Waals surface area (Å²) in [6.07, 6.45) is 3.50. The van der Waals surface area contributed by atoms with Crippen molar-refractivity contribution in [3.63, 3.8) is 0 Å². The summed E-state index contributed by atoms with van der Waals surface area (Å²) in [5.74, 6) is 1.44. The van der Waals surface area contributed by atoms with Crippen LogP contribution in [-0.4, -0.2) is 26.2 Å². The molecule has 3 aromatic rings. The lowest BCUT2D eigenvalue weighted by Gasteiger charge is -2.24. The van der Waals surface area contributed by atoms with Crippen molar-refractivity contribution in [2.75, 3.05) is 11.9 Å². The van der Waals surface area contributed by atoms with E-state index in [1.165, 1.54) is 0 Å². The van der Waals surface area contributed by atoms with Gasteiger partial charge in [0.15, 0.2) is 0 Å². The maximum atomic E-state index is 9.57. The number of aliphatic hydroxyl groups excluding tert-OH is 1. The third-order valence-corrected chi connectivity index (χ3v) is 3.73. The van der Waals surface area contributed by atoms with E-state index in [-0.39, 0.29) is 11.9 Å². The predicted molar refractivity (Wildman–Crippen MR) is 85.0 cm³/mol. The van der Waals surface area contributed by atoms with E-state index in [0.29, 0.717) is 18.0 Å². The van der Waals surface area contributed by atoms with Gasteiger partial charge in [-0.25, -0.2) is 4.98 Å². The van der Waals surface area contributed by atoms with E-state index < -0.39 is 5.54 Å². The molecule has 0 radical (unpaired) electrons. The number of aliphatic hydroxyl groups is 1. The maximum Gasteiger partial charge on any atom is 0.226 e. The molecule has 0 saturated carbocycles. The third-order valence-electron chi connectivity index (χ3n) is 3.57. The number of rotatable bonds is 5. The molecule has 6 nitrogen and oxygen atoms in total. The minimum absolute atomic E-state index is 0.00639. The van der Waals surface area contributed by atoms with Crippen molar-refractivity contribution in [3.05, 3.63) is 41.7 Å². The highest BCUT2D eigenvalue weighted by Crippen LogP contribution is 2.28. The Labute approximate surface area is 132 Å². The Hall–Kier alpha value is -2.05. The smallest absolute Gasteiger partial charge is 0.226 e. The van der Waals surface area contributed by atoms with Gasteiger partial charge in [-0.3, -0.25) is 0 Å². The molecule has 0 unspecified atom stereocenters. The van der Waals surface area contributed by atoms with Crippen LogP contribution in [0.5, 0.6) is 0 Å². The van der Waals surface area contributed by atoms with Crippen molar-refractivity contribution in [1.29, 1.82) is 0 Å². The minimum atomic E-state index is -0.474. The van der Waals surface area contributed by atoms with Gasteiger partial charge in [0.1, 0.15) is 17.2 Å². The fourth-order valence-corrected chi connectivity index (χ4v) is 2.44. The molecule has 22 heavy (non-hydrogen) atoms. The normalized spacial score (nSPS) is 12.0. The molecule has 0 fully saturated rings. The summed E-state index contributed by atoms with van der Waals surface area (Å²) in [6, 6.07) is 5.63. The van der Waals surface area contributed by atoms with Gasteiger partial charge in [0, 0.05) is 6.20 Å². The zero-order valence-electron chi connectivity index (χ0n) is 12.4. The van der Waals surface area contributed by atoms with Crippen molar-refractivity contribution in [2.24, 2.45) is 0 Å². The van der Waals surface area contributed by atoms with E-state index in [1.807, 2.05) is 42.8 Å². The first kappa shape index (κ1) is 14.9. The Balaban J connectivity index is 2.00. The molecule has 0 aliphatic rings. The highest BCUT2D eigenvalue weighted by Gasteiger charge is 2.22. The summed E-state index contributed by atoms with van der Waals surface area (Å²) >= 11 is 6.05. The molecule has 0 spiro atoms. The van der Waals surface area contributed by atoms with Crippen molar-refractivity contribution in [3.8, 4) is 0 Å². The number of furan rings is 1. The predicted octanol–water partition coefficient (Wildman–Crippen LogP) is 3.02. The van der Waals surface area contributed by atoms with E-state index in [0.717, 1.165) is 11.1 Å². The van der Waals surface area contributed by atoms with Crippen LogP contribution in [0, 0.1) is 0 Å². The quantitative estimate of drug-likeness (QED) is 0.707. The Morgan fingerprint density at radius 1 is 1.36 bits per heavy atom. The average Bonchev–Trinajstić information content (AvgIpc) is 3.13. The molecule has 3 aromatic heterocycles. The molecule has 0 bridgehead atoms. The Bertz CT molecular complexity index is 780. The first-order valence-electron chi connectivity index (χ1n) is 6.93.